The van der Waals surface area contributed by atoms with Gasteiger partial charge in [-0.3, -0.25) is 9.59 Å². The predicted molar refractivity (Wildman–Crippen MR) is 78.4 cm³/mol. The van der Waals surface area contributed by atoms with Crippen LogP contribution in [0.1, 0.15) is 46.2 Å². The molecule has 0 spiro atoms. The predicted octanol–water partition coefficient (Wildman–Crippen LogP) is 0.346. The monoisotopic (exact) mass is 318 g/mol. The van der Waals surface area contributed by atoms with Crippen molar-refractivity contribution >= 4 is 11.8 Å². The molecule has 0 saturated heterocycles. The molecule has 2 amide bonds. The average Bonchev–Trinajstić information content (AvgIpc) is 3.06. The topological polar surface area (TPSA) is 106 Å². The van der Waals surface area contributed by atoms with Crippen LogP contribution in [-0.2, 0) is 17.9 Å². The van der Waals surface area contributed by atoms with E-state index >= 15 is 0 Å². The van der Waals surface area contributed by atoms with Crippen molar-refractivity contribution in [3.8, 4) is 0 Å². The number of hydrogen-bond acceptors (Lipinski definition) is 6. The number of carbonyl (C=O) groups excluding carboxylic acids is 2. The molecule has 3 rings (SSSR count). The Bertz CT molecular complexity index is 758. The summed E-state index contributed by atoms with van der Waals surface area (Å²) in [6.07, 6.45) is 0. The van der Waals surface area contributed by atoms with Crippen LogP contribution in [0.15, 0.2) is 4.52 Å². The second-order valence-corrected chi connectivity index (χ2v) is 5.68. The largest absolute Gasteiger partial charge is 0.361 e. The summed E-state index contributed by atoms with van der Waals surface area (Å²) >= 11 is 0. The van der Waals surface area contributed by atoms with Gasteiger partial charge in [0.05, 0.1) is 24.5 Å². The first-order valence-electron chi connectivity index (χ1n) is 7.29. The molecule has 2 aromatic heterocycles. The first-order valence-corrected chi connectivity index (χ1v) is 7.29. The van der Waals surface area contributed by atoms with E-state index in [1.54, 1.807) is 37.4 Å². The summed E-state index contributed by atoms with van der Waals surface area (Å²) < 4.78 is 6.61. The van der Waals surface area contributed by atoms with Gasteiger partial charge >= 0.3 is 0 Å². The molecule has 0 fully saturated rings. The Morgan fingerprint density at radius 2 is 2.17 bits per heavy atom. The van der Waals surface area contributed by atoms with E-state index in [1.807, 2.05) is 0 Å². The van der Waals surface area contributed by atoms with Gasteiger partial charge in [-0.25, -0.2) is 4.68 Å². The number of fused-ring (bicyclic) bond motifs is 1. The van der Waals surface area contributed by atoms with Gasteiger partial charge in [0.15, 0.2) is 0 Å². The van der Waals surface area contributed by atoms with Gasteiger partial charge in [-0.15, -0.1) is 5.10 Å². The van der Waals surface area contributed by atoms with Crippen LogP contribution in [-0.4, -0.2) is 43.9 Å². The Morgan fingerprint density at radius 3 is 2.83 bits per heavy atom. The van der Waals surface area contributed by atoms with E-state index in [2.05, 4.69) is 20.8 Å². The Labute approximate surface area is 132 Å². The quantitative estimate of drug-likeness (QED) is 0.875. The highest BCUT2D eigenvalue weighted by Crippen LogP contribution is 2.22. The van der Waals surface area contributed by atoms with Crippen LogP contribution in [0.5, 0.6) is 0 Å². The molecule has 0 aliphatic carbocycles. The minimum Gasteiger partial charge on any atom is -0.361 e. The van der Waals surface area contributed by atoms with E-state index < -0.39 is 0 Å². The number of nitrogens with zero attached hydrogens (tertiary/aromatic N) is 5. The number of aromatic nitrogens is 4. The van der Waals surface area contributed by atoms with Crippen LogP contribution >= 0.6 is 0 Å². The molecule has 0 bridgehead atoms. The van der Waals surface area contributed by atoms with E-state index in [0.717, 1.165) is 5.69 Å². The van der Waals surface area contributed by atoms with Crippen LogP contribution in [0.3, 0.4) is 0 Å². The van der Waals surface area contributed by atoms with Crippen LogP contribution in [0.25, 0.3) is 0 Å². The Morgan fingerprint density at radius 1 is 1.43 bits per heavy atom. The maximum atomic E-state index is 12.3. The van der Waals surface area contributed by atoms with Gasteiger partial charge in [-0.1, -0.05) is 10.4 Å². The molecule has 9 nitrogen and oxygen atoms in total. The average molecular weight is 318 g/mol. The number of nitrogens with one attached hydrogen (secondary N) is 1. The smallest absolute Gasteiger partial charge is 0.257 e. The molecule has 1 N–H and O–H groups in total. The van der Waals surface area contributed by atoms with E-state index in [9.17, 15) is 9.59 Å². The van der Waals surface area contributed by atoms with E-state index in [1.165, 1.54) is 0 Å². The highest BCUT2D eigenvalue weighted by molar-refractivity contribution is 5.96. The first kappa shape index (κ1) is 15.2. The van der Waals surface area contributed by atoms with Gasteiger partial charge in [0.1, 0.15) is 23.1 Å². The third kappa shape index (κ3) is 2.47. The first-order chi connectivity index (χ1) is 10.9. The zero-order valence-corrected chi connectivity index (χ0v) is 13.5. The standard InChI is InChI=1S/C14H18N6O3/c1-7-12(9(3)23-17-7)13(21)15-5-10-11-6-19(4)14(22)8(2)20(11)18-16-10/h8H,5-6H2,1-4H3,(H,15,21). The Balaban J connectivity index is 1.77. The van der Waals surface area contributed by atoms with Crippen LogP contribution in [0, 0.1) is 13.8 Å². The number of carbonyl (C=O) groups is 2. The van der Waals surface area contributed by atoms with Crippen molar-refractivity contribution in [3.05, 3.63) is 28.4 Å². The minimum atomic E-state index is -0.386. The van der Waals surface area contributed by atoms with Gasteiger partial charge in [0, 0.05) is 7.05 Å². The number of amides is 2. The van der Waals surface area contributed by atoms with Crippen molar-refractivity contribution in [1.82, 2.24) is 30.4 Å². The molecule has 0 aromatic carbocycles. The fourth-order valence-corrected chi connectivity index (χ4v) is 2.74. The van der Waals surface area contributed by atoms with Crippen molar-refractivity contribution in [2.75, 3.05) is 7.05 Å². The zero-order chi connectivity index (χ0) is 16.7. The molecule has 1 atom stereocenters. The minimum absolute atomic E-state index is 0.00583. The van der Waals surface area contributed by atoms with Crippen LogP contribution in [0.2, 0.25) is 0 Å². The van der Waals surface area contributed by atoms with Crippen molar-refractivity contribution in [1.29, 1.82) is 0 Å². The highest BCUT2D eigenvalue weighted by Gasteiger charge is 2.31. The number of hydrogen-bond donors (Lipinski definition) is 1. The molecule has 1 aliphatic heterocycles. The third-order valence-electron chi connectivity index (χ3n) is 4.04. The second kappa shape index (κ2) is 5.49. The molecule has 3 heterocycles. The fourth-order valence-electron chi connectivity index (χ4n) is 2.74. The molecule has 23 heavy (non-hydrogen) atoms. The summed E-state index contributed by atoms with van der Waals surface area (Å²) in [5.74, 6) is 0.203. The van der Waals surface area contributed by atoms with Crippen LogP contribution in [0.4, 0.5) is 0 Å². The summed E-state index contributed by atoms with van der Waals surface area (Å²) in [4.78, 5) is 25.8. The highest BCUT2D eigenvalue weighted by atomic mass is 16.5. The van der Waals surface area contributed by atoms with Crippen molar-refractivity contribution < 1.29 is 14.1 Å². The lowest BCUT2D eigenvalue weighted by molar-refractivity contribution is -0.135. The van der Waals surface area contributed by atoms with Gasteiger partial charge in [-0.2, -0.15) is 0 Å². The van der Waals surface area contributed by atoms with Gasteiger partial charge in [0.2, 0.25) is 5.91 Å². The normalized spacial score (nSPS) is 17.3. The molecule has 0 saturated carbocycles. The molecular weight excluding hydrogens is 300 g/mol. The Kier molecular flexibility index (Phi) is 3.63. The summed E-state index contributed by atoms with van der Waals surface area (Å²) in [5, 5.41) is 14.7. The SMILES string of the molecule is Cc1noc(C)c1C(=O)NCc1nnn2c1CN(C)C(=O)C2C. The molecular formula is C14H18N6O3. The lowest BCUT2D eigenvalue weighted by Gasteiger charge is -2.28. The van der Waals surface area contributed by atoms with Gasteiger partial charge in [0.25, 0.3) is 5.91 Å². The third-order valence-corrected chi connectivity index (χ3v) is 4.04. The van der Waals surface area contributed by atoms with E-state index in [0.29, 0.717) is 29.3 Å². The lowest BCUT2D eigenvalue weighted by atomic mass is 10.1. The van der Waals surface area contributed by atoms with Crippen molar-refractivity contribution in [2.45, 2.75) is 39.9 Å². The number of likely N-dealkylation sites (N-methyl/N-ethyl adjacent to an activating group) is 1. The lowest BCUT2D eigenvalue weighted by Crippen LogP contribution is -2.39. The molecule has 9 heteroatoms. The maximum Gasteiger partial charge on any atom is 0.257 e. The maximum absolute atomic E-state index is 12.3. The molecule has 1 aliphatic rings. The molecule has 1 unspecified atom stereocenters. The molecule has 2 aromatic rings. The summed E-state index contributed by atoms with van der Waals surface area (Å²) in [6, 6.07) is -0.386. The fraction of sp³-hybridized carbons (Fsp3) is 0.500. The number of rotatable bonds is 3. The van der Waals surface area contributed by atoms with Gasteiger partial charge < -0.3 is 14.7 Å². The second-order valence-electron chi connectivity index (χ2n) is 5.68. The Hall–Kier alpha value is -2.71. The van der Waals surface area contributed by atoms with E-state index in [-0.39, 0.29) is 24.4 Å². The van der Waals surface area contributed by atoms with Crippen LogP contribution < -0.4 is 5.32 Å². The van der Waals surface area contributed by atoms with Gasteiger partial charge in [-0.05, 0) is 20.8 Å². The van der Waals surface area contributed by atoms with Crippen molar-refractivity contribution in [2.24, 2.45) is 0 Å². The summed E-state index contributed by atoms with van der Waals surface area (Å²) in [6.45, 7) is 5.84. The molecule has 0 radical (unpaired) electrons. The molecule has 122 valence electrons. The zero-order valence-electron chi connectivity index (χ0n) is 13.5. The number of aryl methyl sites for hydroxylation is 2. The summed E-state index contributed by atoms with van der Waals surface area (Å²) in [7, 11) is 1.74. The summed E-state index contributed by atoms with van der Waals surface area (Å²) in [5.41, 5.74) is 2.46. The van der Waals surface area contributed by atoms with E-state index in [4.69, 9.17) is 4.52 Å². The van der Waals surface area contributed by atoms with Crippen molar-refractivity contribution in [3.63, 3.8) is 0 Å².